The number of nitrogen functional groups attached to an aromatic ring is 1. The molecule has 0 spiro atoms. The molecule has 0 fully saturated rings. The van der Waals surface area contributed by atoms with Gasteiger partial charge < -0.3 is 16.2 Å². The van der Waals surface area contributed by atoms with Crippen LogP contribution in [0.2, 0.25) is 0 Å². The van der Waals surface area contributed by atoms with Crippen molar-refractivity contribution in [3.05, 3.63) is 40.7 Å². The van der Waals surface area contributed by atoms with Crippen LogP contribution in [-0.4, -0.2) is 21.3 Å². The number of benzene rings is 1. The number of nitrogens with one attached hydrogen (secondary N) is 2. The standard InChI is InChI=1S/C13H16N4O2/c1-7-3-10(4-11(12(7)14)13(18)19)15-5-9-6-16-17-8(9)2/h3-4,6,15H,5,14H2,1-2H3,(H,16,17)(H,18,19). The van der Waals surface area contributed by atoms with Gasteiger partial charge in [0.1, 0.15) is 0 Å². The number of carboxylic acid groups (broad SMARTS) is 1. The molecule has 100 valence electrons. The molecule has 6 nitrogen and oxygen atoms in total. The fraction of sp³-hybridized carbons (Fsp3) is 0.231. The minimum absolute atomic E-state index is 0.117. The lowest BCUT2D eigenvalue weighted by atomic mass is 10.1. The number of aromatic amines is 1. The molecule has 0 saturated heterocycles. The highest BCUT2D eigenvalue weighted by molar-refractivity contribution is 5.95. The van der Waals surface area contributed by atoms with Gasteiger partial charge in [0.2, 0.25) is 0 Å². The number of nitrogens with two attached hydrogens (primary N) is 1. The zero-order valence-corrected chi connectivity index (χ0v) is 10.8. The predicted octanol–water partition coefficient (Wildman–Crippen LogP) is 1.92. The van der Waals surface area contributed by atoms with E-state index < -0.39 is 5.97 Å². The highest BCUT2D eigenvalue weighted by atomic mass is 16.4. The van der Waals surface area contributed by atoms with Crippen LogP contribution in [0, 0.1) is 13.8 Å². The number of anilines is 2. The second-order valence-corrected chi connectivity index (χ2v) is 4.43. The molecule has 5 N–H and O–H groups in total. The number of hydrogen-bond acceptors (Lipinski definition) is 4. The summed E-state index contributed by atoms with van der Waals surface area (Å²) in [4.78, 5) is 11.1. The molecule has 1 aromatic heterocycles. The molecule has 0 aliphatic carbocycles. The van der Waals surface area contributed by atoms with Crippen molar-refractivity contribution in [2.24, 2.45) is 0 Å². The van der Waals surface area contributed by atoms with Gasteiger partial charge in [0.15, 0.2) is 0 Å². The third-order valence-electron chi connectivity index (χ3n) is 3.03. The van der Waals surface area contributed by atoms with Gasteiger partial charge in [-0.15, -0.1) is 0 Å². The number of rotatable bonds is 4. The SMILES string of the molecule is Cc1cc(NCc2cn[nH]c2C)cc(C(=O)O)c1N. The van der Waals surface area contributed by atoms with E-state index in [1.165, 1.54) is 0 Å². The number of hydrogen-bond donors (Lipinski definition) is 4. The number of carboxylic acids is 1. The smallest absolute Gasteiger partial charge is 0.337 e. The molecule has 0 unspecified atom stereocenters. The Balaban J connectivity index is 2.22. The number of aromatic carboxylic acids is 1. The van der Waals surface area contributed by atoms with Gasteiger partial charge in [-0.3, -0.25) is 5.10 Å². The molecule has 1 heterocycles. The van der Waals surface area contributed by atoms with Crippen LogP contribution in [0.15, 0.2) is 18.3 Å². The van der Waals surface area contributed by atoms with Crippen LogP contribution < -0.4 is 11.1 Å². The summed E-state index contributed by atoms with van der Waals surface area (Å²) >= 11 is 0. The van der Waals surface area contributed by atoms with Crippen molar-refractivity contribution in [3.8, 4) is 0 Å². The molecule has 19 heavy (non-hydrogen) atoms. The Morgan fingerprint density at radius 3 is 2.79 bits per heavy atom. The third kappa shape index (κ3) is 2.67. The summed E-state index contributed by atoms with van der Waals surface area (Å²) in [6.07, 6.45) is 1.74. The topological polar surface area (TPSA) is 104 Å². The van der Waals surface area contributed by atoms with Gasteiger partial charge in [-0.1, -0.05) is 0 Å². The maximum Gasteiger partial charge on any atom is 0.337 e. The molecular formula is C13H16N4O2. The van der Waals surface area contributed by atoms with Crippen molar-refractivity contribution in [2.45, 2.75) is 20.4 Å². The lowest BCUT2D eigenvalue weighted by Gasteiger charge is -2.11. The molecule has 0 bridgehead atoms. The lowest BCUT2D eigenvalue weighted by Crippen LogP contribution is -2.07. The first kappa shape index (κ1) is 12.9. The highest BCUT2D eigenvalue weighted by Gasteiger charge is 2.11. The summed E-state index contributed by atoms with van der Waals surface area (Å²) in [5.41, 5.74) is 9.65. The zero-order chi connectivity index (χ0) is 14.0. The van der Waals surface area contributed by atoms with E-state index in [0.717, 1.165) is 22.5 Å². The Kier molecular flexibility index (Phi) is 3.41. The first-order chi connectivity index (χ1) is 8.99. The number of H-pyrrole nitrogens is 1. The molecule has 0 aliphatic heterocycles. The Morgan fingerprint density at radius 2 is 2.21 bits per heavy atom. The molecule has 0 radical (unpaired) electrons. The predicted molar refractivity (Wildman–Crippen MR) is 73.2 cm³/mol. The summed E-state index contributed by atoms with van der Waals surface area (Å²) in [6.45, 7) is 4.29. The average molecular weight is 260 g/mol. The molecule has 6 heteroatoms. The quantitative estimate of drug-likeness (QED) is 0.629. The van der Waals surface area contributed by atoms with Gasteiger partial charge in [-0.25, -0.2) is 4.79 Å². The summed E-state index contributed by atoms with van der Waals surface area (Å²) in [5.74, 6) is -1.02. The number of aromatic nitrogens is 2. The van der Waals surface area contributed by atoms with Crippen LogP contribution >= 0.6 is 0 Å². The Hall–Kier alpha value is -2.50. The van der Waals surface area contributed by atoms with E-state index in [4.69, 9.17) is 10.8 Å². The largest absolute Gasteiger partial charge is 0.478 e. The molecule has 1 aromatic carbocycles. The minimum atomic E-state index is -1.02. The van der Waals surface area contributed by atoms with Crippen LogP contribution in [0.5, 0.6) is 0 Å². The Labute approximate surface area is 110 Å². The summed E-state index contributed by atoms with van der Waals surface area (Å²) in [6, 6.07) is 3.37. The van der Waals surface area contributed by atoms with E-state index in [-0.39, 0.29) is 5.56 Å². The Bertz CT molecular complexity index is 619. The first-order valence-electron chi connectivity index (χ1n) is 5.85. The minimum Gasteiger partial charge on any atom is -0.478 e. The van der Waals surface area contributed by atoms with E-state index in [1.54, 1.807) is 19.2 Å². The van der Waals surface area contributed by atoms with Gasteiger partial charge in [-0.2, -0.15) is 5.10 Å². The van der Waals surface area contributed by atoms with Crippen LogP contribution in [0.3, 0.4) is 0 Å². The van der Waals surface area contributed by atoms with Crippen LogP contribution in [0.25, 0.3) is 0 Å². The van der Waals surface area contributed by atoms with Crippen LogP contribution in [-0.2, 0) is 6.54 Å². The fourth-order valence-electron chi connectivity index (χ4n) is 1.83. The summed E-state index contributed by atoms with van der Waals surface area (Å²) in [5, 5.41) is 19.0. The van der Waals surface area contributed by atoms with Crippen molar-refractivity contribution in [3.63, 3.8) is 0 Å². The van der Waals surface area contributed by atoms with Gasteiger partial charge in [-0.05, 0) is 31.5 Å². The second-order valence-electron chi connectivity index (χ2n) is 4.43. The van der Waals surface area contributed by atoms with E-state index in [0.29, 0.717) is 12.2 Å². The van der Waals surface area contributed by atoms with E-state index in [2.05, 4.69) is 15.5 Å². The van der Waals surface area contributed by atoms with Crippen molar-refractivity contribution in [2.75, 3.05) is 11.1 Å². The maximum atomic E-state index is 11.1. The fourth-order valence-corrected chi connectivity index (χ4v) is 1.83. The maximum absolute atomic E-state index is 11.1. The lowest BCUT2D eigenvalue weighted by molar-refractivity contribution is 0.0698. The number of aryl methyl sites for hydroxylation is 2. The zero-order valence-electron chi connectivity index (χ0n) is 10.8. The molecule has 2 rings (SSSR count). The molecular weight excluding hydrogens is 244 g/mol. The normalized spacial score (nSPS) is 10.4. The van der Waals surface area contributed by atoms with Crippen molar-refractivity contribution < 1.29 is 9.90 Å². The Morgan fingerprint density at radius 1 is 1.47 bits per heavy atom. The van der Waals surface area contributed by atoms with E-state index >= 15 is 0 Å². The second kappa shape index (κ2) is 5.01. The molecule has 0 aliphatic rings. The van der Waals surface area contributed by atoms with Gasteiger partial charge in [0, 0.05) is 29.2 Å². The van der Waals surface area contributed by atoms with E-state index in [9.17, 15) is 4.79 Å². The summed E-state index contributed by atoms with van der Waals surface area (Å²) in [7, 11) is 0. The van der Waals surface area contributed by atoms with Crippen LogP contribution in [0.1, 0.15) is 27.2 Å². The first-order valence-corrected chi connectivity index (χ1v) is 5.85. The van der Waals surface area contributed by atoms with Crippen LogP contribution in [0.4, 0.5) is 11.4 Å². The number of carbonyl (C=O) groups is 1. The summed E-state index contributed by atoms with van der Waals surface area (Å²) < 4.78 is 0. The monoisotopic (exact) mass is 260 g/mol. The molecule has 2 aromatic rings. The molecule has 0 saturated carbocycles. The molecule has 0 amide bonds. The average Bonchev–Trinajstić information content (AvgIpc) is 2.76. The highest BCUT2D eigenvalue weighted by Crippen LogP contribution is 2.23. The van der Waals surface area contributed by atoms with Crippen molar-refractivity contribution in [1.29, 1.82) is 0 Å². The van der Waals surface area contributed by atoms with Crippen molar-refractivity contribution in [1.82, 2.24) is 10.2 Å². The molecule has 0 atom stereocenters. The number of nitrogens with zero attached hydrogens (tertiary/aromatic N) is 1. The van der Waals surface area contributed by atoms with Crippen molar-refractivity contribution >= 4 is 17.3 Å². The van der Waals surface area contributed by atoms with Gasteiger partial charge in [0.05, 0.1) is 11.8 Å². The third-order valence-corrected chi connectivity index (χ3v) is 3.03. The van der Waals surface area contributed by atoms with Gasteiger partial charge in [0.25, 0.3) is 0 Å². The van der Waals surface area contributed by atoms with E-state index in [1.807, 2.05) is 13.0 Å². The van der Waals surface area contributed by atoms with Gasteiger partial charge >= 0.3 is 5.97 Å².